The summed E-state index contributed by atoms with van der Waals surface area (Å²) in [6, 6.07) is 8.01. The molecule has 0 amide bonds. The third-order valence-corrected chi connectivity index (χ3v) is 3.09. The van der Waals surface area contributed by atoms with Gasteiger partial charge in [-0.2, -0.15) is 0 Å². The average Bonchev–Trinajstić information content (AvgIpc) is 2.30. The number of nitrogens with zero attached hydrogens (tertiary/aromatic N) is 1. The lowest BCUT2D eigenvalue weighted by Crippen LogP contribution is -2.29. The van der Waals surface area contributed by atoms with Gasteiger partial charge in [-0.25, -0.2) is 0 Å². The van der Waals surface area contributed by atoms with Crippen molar-refractivity contribution in [1.29, 1.82) is 5.41 Å². The maximum atomic E-state index is 7.42. The number of nitrogens with one attached hydrogen (secondary N) is 1. The molecule has 0 radical (unpaired) electrons. The molecule has 0 aromatic heterocycles. The van der Waals surface area contributed by atoms with Crippen LogP contribution in [0.2, 0.25) is 0 Å². The number of hydrogen-bond acceptors (Lipinski definition) is 2. The Morgan fingerprint density at radius 1 is 1.24 bits per heavy atom. The molecule has 2 rings (SSSR count). The van der Waals surface area contributed by atoms with Crippen LogP contribution < -0.4 is 5.73 Å². The molecule has 1 saturated heterocycles. The largest absolute Gasteiger partial charge is 0.384 e. The zero-order valence-corrected chi connectivity index (χ0v) is 10.8. The molecular formula is C13H20ClN3. The molecule has 3 N–H and O–H groups in total. The van der Waals surface area contributed by atoms with E-state index >= 15 is 0 Å². The quantitative estimate of drug-likeness (QED) is 0.642. The van der Waals surface area contributed by atoms with Crippen LogP contribution >= 0.6 is 12.4 Å². The molecule has 3 nitrogen and oxygen atoms in total. The van der Waals surface area contributed by atoms with E-state index < -0.39 is 0 Å². The highest BCUT2D eigenvalue weighted by Gasteiger charge is 2.10. The van der Waals surface area contributed by atoms with Gasteiger partial charge in [0.05, 0.1) is 0 Å². The first kappa shape index (κ1) is 14.0. The Morgan fingerprint density at radius 3 is 2.59 bits per heavy atom. The van der Waals surface area contributed by atoms with Crippen molar-refractivity contribution in [2.24, 2.45) is 5.73 Å². The standard InChI is InChI=1S/C13H19N3.ClH/c14-13(15)12-6-4-5-11(9-12)10-16-7-2-1-3-8-16;/h4-6,9H,1-3,7-8,10H2,(H3,14,15);1H. The van der Waals surface area contributed by atoms with E-state index in [1.54, 1.807) is 0 Å². The third kappa shape index (κ3) is 4.02. The molecule has 4 heteroatoms. The fraction of sp³-hybridized carbons (Fsp3) is 0.462. The highest BCUT2D eigenvalue weighted by molar-refractivity contribution is 5.95. The Labute approximate surface area is 109 Å². The van der Waals surface area contributed by atoms with Gasteiger partial charge in [-0.1, -0.05) is 24.6 Å². The van der Waals surface area contributed by atoms with Gasteiger partial charge in [0.15, 0.2) is 0 Å². The summed E-state index contributed by atoms with van der Waals surface area (Å²) in [5.41, 5.74) is 7.57. The van der Waals surface area contributed by atoms with Crippen LogP contribution in [0.25, 0.3) is 0 Å². The third-order valence-electron chi connectivity index (χ3n) is 3.09. The Balaban J connectivity index is 0.00000144. The van der Waals surface area contributed by atoms with E-state index in [9.17, 15) is 0 Å². The number of nitrogen functional groups attached to an aromatic ring is 1. The van der Waals surface area contributed by atoms with Gasteiger partial charge >= 0.3 is 0 Å². The van der Waals surface area contributed by atoms with E-state index in [0.29, 0.717) is 0 Å². The summed E-state index contributed by atoms with van der Waals surface area (Å²) in [5, 5.41) is 7.42. The van der Waals surface area contributed by atoms with Crippen LogP contribution in [-0.4, -0.2) is 23.8 Å². The lowest BCUT2D eigenvalue weighted by Gasteiger charge is -2.26. The van der Waals surface area contributed by atoms with Crippen molar-refractivity contribution in [1.82, 2.24) is 4.90 Å². The van der Waals surface area contributed by atoms with Crippen molar-refractivity contribution in [2.75, 3.05) is 13.1 Å². The van der Waals surface area contributed by atoms with Gasteiger partial charge in [0, 0.05) is 12.1 Å². The number of piperidine rings is 1. The second kappa shape index (κ2) is 6.62. The van der Waals surface area contributed by atoms with Crippen molar-refractivity contribution in [3.8, 4) is 0 Å². The predicted molar refractivity (Wildman–Crippen MR) is 73.8 cm³/mol. The van der Waals surface area contributed by atoms with Crippen LogP contribution in [0.5, 0.6) is 0 Å². The zero-order chi connectivity index (χ0) is 11.4. The molecule has 94 valence electrons. The highest BCUT2D eigenvalue weighted by atomic mass is 35.5. The first-order valence-corrected chi connectivity index (χ1v) is 5.91. The maximum absolute atomic E-state index is 7.42. The predicted octanol–water partition coefficient (Wildman–Crippen LogP) is 2.38. The molecule has 17 heavy (non-hydrogen) atoms. The Morgan fingerprint density at radius 2 is 1.94 bits per heavy atom. The fourth-order valence-corrected chi connectivity index (χ4v) is 2.21. The minimum absolute atomic E-state index is 0. The van der Waals surface area contributed by atoms with Crippen LogP contribution in [0, 0.1) is 5.41 Å². The van der Waals surface area contributed by atoms with E-state index in [2.05, 4.69) is 11.0 Å². The van der Waals surface area contributed by atoms with Gasteiger partial charge < -0.3 is 5.73 Å². The number of hydrogen-bond donors (Lipinski definition) is 2. The van der Waals surface area contributed by atoms with Crippen LogP contribution in [-0.2, 0) is 6.54 Å². The van der Waals surface area contributed by atoms with Crippen LogP contribution in [0.4, 0.5) is 0 Å². The van der Waals surface area contributed by atoms with E-state index in [1.807, 2.05) is 18.2 Å². The zero-order valence-electron chi connectivity index (χ0n) is 9.98. The molecule has 1 aliphatic rings. The van der Waals surface area contributed by atoms with Gasteiger partial charge in [-0.15, -0.1) is 12.4 Å². The number of halogens is 1. The van der Waals surface area contributed by atoms with Crippen molar-refractivity contribution >= 4 is 18.2 Å². The molecule has 1 heterocycles. The molecule has 0 spiro atoms. The van der Waals surface area contributed by atoms with Crippen LogP contribution in [0.3, 0.4) is 0 Å². The number of benzene rings is 1. The second-order valence-electron chi connectivity index (χ2n) is 4.45. The minimum Gasteiger partial charge on any atom is -0.384 e. The van der Waals surface area contributed by atoms with Crippen molar-refractivity contribution in [3.05, 3.63) is 35.4 Å². The highest BCUT2D eigenvalue weighted by Crippen LogP contribution is 2.13. The summed E-state index contributed by atoms with van der Waals surface area (Å²) in [7, 11) is 0. The lowest BCUT2D eigenvalue weighted by molar-refractivity contribution is 0.221. The summed E-state index contributed by atoms with van der Waals surface area (Å²) in [5.74, 6) is 0.153. The van der Waals surface area contributed by atoms with E-state index in [4.69, 9.17) is 11.1 Å². The summed E-state index contributed by atoms with van der Waals surface area (Å²) < 4.78 is 0. The molecule has 0 atom stereocenters. The van der Waals surface area contributed by atoms with Gasteiger partial charge in [0.1, 0.15) is 5.84 Å². The van der Waals surface area contributed by atoms with Gasteiger partial charge in [0.25, 0.3) is 0 Å². The molecule has 1 aliphatic heterocycles. The molecule has 0 aliphatic carbocycles. The Hall–Kier alpha value is -1.06. The van der Waals surface area contributed by atoms with Crippen LogP contribution in [0.15, 0.2) is 24.3 Å². The van der Waals surface area contributed by atoms with Crippen molar-refractivity contribution < 1.29 is 0 Å². The second-order valence-corrected chi connectivity index (χ2v) is 4.45. The van der Waals surface area contributed by atoms with E-state index in [1.165, 1.54) is 37.9 Å². The maximum Gasteiger partial charge on any atom is 0.122 e. The molecule has 0 unspecified atom stereocenters. The average molecular weight is 254 g/mol. The lowest BCUT2D eigenvalue weighted by atomic mass is 10.1. The number of likely N-dealkylation sites (tertiary alicyclic amines) is 1. The van der Waals surface area contributed by atoms with Crippen molar-refractivity contribution in [2.45, 2.75) is 25.8 Å². The van der Waals surface area contributed by atoms with Crippen molar-refractivity contribution in [3.63, 3.8) is 0 Å². The molecule has 1 aromatic rings. The molecule has 0 bridgehead atoms. The SMILES string of the molecule is Cl.N=C(N)c1cccc(CN2CCCCC2)c1. The topological polar surface area (TPSA) is 53.1 Å². The Bertz CT molecular complexity index is 373. The molecule has 1 fully saturated rings. The summed E-state index contributed by atoms with van der Waals surface area (Å²) in [6.07, 6.45) is 3.99. The first-order valence-electron chi connectivity index (χ1n) is 5.91. The number of nitrogens with two attached hydrogens (primary N) is 1. The summed E-state index contributed by atoms with van der Waals surface area (Å²) in [4.78, 5) is 2.47. The monoisotopic (exact) mass is 253 g/mol. The number of amidine groups is 1. The minimum atomic E-state index is 0. The normalized spacial score (nSPS) is 16.2. The first-order chi connectivity index (χ1) is 7.75. The van der Waals surface area contributed by atoms with Gasteiger partial charge in [-0.05, 0) is 37.6 Å². The van der Waals surface area contributed by atoms with Crippen LogP contribution in [0.1, 0.15) is 30.4 Å². The molecule has 0 saturated carbocycles. The molecule has 1 aromatic carbocycles. The summed E-state index contributed by atoms with van der Waals surface area (Å²) in [6.45, 7) is 3.38. The number of rotatable bonds is 3. The van der Waals surface area contributed by atoms with Gasteiger partial charge in [0.2, 0.25) is 0 Å². The van der Waals surface area contributed by atoms with E-state index in [0.717, 1.165) is 12.1 Å². The summed E-state index contributed by atoms with van der Waals surface area (Å²) >= 11 is 0. The molecular weight excluding hydrogens is 234 g/mol. The Kier molecular flexibility index (Phi) is 5.45. The van der Waals surface area contributed by atoms with Gasteiger partial charge in [-0.3, -0.25) is 10.3 Å². The van der Waals surface area contributed by atoms with E-state index in [-0.39, 0.29) is 18.2 Å². The smallest absolute Gasteiger partial charge is 0.122 e. The fourth-order valence-electron chi connectivity index (χ4n) is 2.21.